The average Bonchev–Trinajstić information content (AvgIpc) is 2.09. The molecule has 0 radical (unpaired) electrons. The minimum atomic E-state index is -0.863. The van der Waals surface area contributed by atoms with Crippen molar-refractivity contribution >= 4 is 18.2 Å². The van der Waals surface area contributed by atoms with Crippen LogP contribution >= 0.6 is 12.2 Å². The summed E-state index contributed by atoms with van der Waals surface area (Å²) in [5, 5.41) is 8.43. The average molecular weight is 172 g/mol. The number of nitrogens with one attached hydrogen (secondary N) is 2. The first kappa shape index (κ1) is 8.00. The molecule has 0 spiro atoms. The summed E-state index contributed by atoms with van der Waals surface area (Å²) in [6, 6.07) is 0. The normalized spacial score (nSPS) is 9.91. The number of carboxylic acid groups (broad SMARTS) is 1. The van der Waals surface area contributed by atoms with Gasteiger partial charge in [0.15, 0.2) is 4.77 Å². The Labute approximate surface area is 68.3 Å². The number of aromatic amines is 2. The van der Waals surface area contributed by atoms with Crippen molar-refractivity contribution in [3.05, 3.63) is 16.2 Å². The van der Waals surface area contributed by atoms with Crippen LogP contribution in [0.15, 0.2) is 0 Å². The summed E-state index contributed by atoms with van der Waals surface area (Å²) < 4.78 is 0.471. The lowest BCUT2D eigenvalue weighted by molar-refractivity contribution is -0.136. The number of aliphatic carboxylic acids is 1. The molecule has 0 aromatic carbocycles. The molecular weight excluding hydrogens is 164 g/mol. The molecule has 0 aliphatic rings. The van der Waals surface area contributed by atoms with E-state index in [1.165, 1.54) is 0 Å². The van der Waals surface area contributed by atoms with E-state index in [1.807, 2.05) is 0 Å². The van der Waals surface area contributed by atoms with Gasteiger partial charge in [-0.1, -0.05) is 0 Å². The summed E-state index contributed by atoms with van der Waals surface area (Å²) in [5.41, 5.74) is 1.43. The largest absolute Gasteiger partial charge is 0.481 e. The second-order valence-electron chi connectivity index (χ2n) is 2.25. The van der Waals surface area contributed by atoms with Crippen LogP contribution < -0.4 is 0 Å². The standard InChI is InChI=1S/C6H8N2O2S/c1-3-4(2-5(9)10)8-6(11)7-3/h2H2,1H3,(H,9,10)(H2,7,8,11). The van der Waals surface area contributed by atoms with Crippen molar-refractivity contribution < 1.29 is 9.90 Å². The van der Waals surface area contributed by atoms with Gasteiger partial charge in [-0.3, -0.25) is 4.79 Å². The molecule has 0 bridgehead atoms. The molecular formula is C6H8N2O2S. The molecule has 0 amide bonds. The first-order valence-electron chi connectivity index (χ1n) is 3.09. The zero-order valence-corrected chi connectivity index (χ0v) is 6.79. The van der Waals surface area contributed by atoms with Gasteiger partial charge in [0.1, 0.15) is 0 Å². The number of hydrogen-bond acceptors (Lipinski definition) is 2. The highest BCUT2D eigenvalue weighted by Crippen LogP contribution is 2.02. The topological polar surface area (TPSA) is 68.9 Å². The van der Waals surface area contributed by atoms with E-state index in [2.05, 4.69) is 9.97 Å². The van der Waals surface area contributed by atoms with Gasteiger partial charge >= 0.3 is 5.97 Å². The van der Waals surface area contributed by atoms with Crippen molar-refractivity contribution in [2.45, 2.75) is 13.3 Å². The Morgan fingerprint density at radius 3 is 2.64 bits per heavy atom. The minimum absolute atomic E-state index is 0.0149. The van der Waals surface area contributed by atoms with Crippen LogP contribution in [0, 0.1) is 11.7 Å². The number of aromatic nitrogens is 2. The Morgan fingerprint density at radius 2 is 2.27 bits per heavy atom. The second-order valence-corrected chi connectivity index (χ2v) is 2.66. The zero-order valence-electron chi connectivity index (χ0n) is 5.97. The molecule has 0 fully saturated rings. The third-order valence-corrected chi connectivity index (χ3v) is 1.55. The van der Waals surface area contributed by atoms with Gasteiger partial charge in [0.05, 0.1) is 6.42 Å². The third-order valence-electron chi connectivity index (χ3n) is 1.35. The van der Waals surface area contributed by atoms with Gasteiger partial charge in [0.25, 0.3) is 0 Å². The van der Waals surface area contributed by atoms with Gasteiger partial charge in [0, 0.05) is 11.4 Å². The maximum absolute atomic E-state index is 10.3. The fourth-order valence-electron chi connectivity index (χ4n) is 0.836. The summed E-state index contributed by atoms with van der Waals surface area (Å²) in [6.45, 7) is 1.78. The van der Waals surface area contributed by atoms with Crippen LogP contribution in [0.4, 0.5) is 0 Å². The summed E-state index contributed by atoms with van der Waals surface area (Å²) in [5.74, 6) is -0.863. The molecule has 5 heteroatoms. The number of H-pyrrole nitrogens is 2. The summed E-state index contributed by atoms with van der Waals surface area (Å²) >= 11 is 4.77. The lowest BCUT2D eigenvalue weighted by atomic mass is 10.3. The van der Waals surface area contributed by atoms with Crippen LogP contribution in [0.3, 0.4) is 0 Å². The highest BCUT2D eigenvalue weighted by atomic mass is 32.1. The maximum Gasteiger partial charge on any atom is 0.309 e. The molecule has 0 unspecified atom stereocenters. The SMILES string of the molecule is Cc1[nH]c(=S)[nH]c1CC(=O)O. The van der Waals surface area contributed by atoms with Crippen LogP contribution in [0.5, 0.6) is 0 Å². The number of rotatable bonds is 2. The quantitative estimate of drug-likeness (QED) is 0.583. The zero-order chi connectivity index (χ0) is 8.43. The van der Waals surface area contributed by atoms with Crippen molar-refractivity contribution in [3.8, 4) is 0 Å². The molecule has 1 aromatic heterocycles. The number of hydrogen-bond donors (Lipinski definition) is 3. The van der Waals surface area contributed by atoms with E-state index in [4.69, 9.17) is 17.3 Å². The Hall–Kier alpha value is -1.10. The first-order chi connectivity index (χ1) is 5.09. The molecule has 3 N–H and O–H groups in total. The summed E-state index contributed by atoms with van der Waals surface area (Å²) in [6.07, 6.45) is -0.0149. The molecule has 11 heavy (non-hydrogen) atoms. The number of carboxylic acids is 1. The molecule has 1 heterocycles. The van der Waals surface area contributed by atoms with Gasteiger partial charge in [-0.05, 0) is 19.1 Å². The molecule has 0 atom stereocenters. The van der Waals surface area contributed by atoms with E-state index >= 15 is 0 Å². The van der Waals surface area contributed by atoms with E-state index in [1.54, 1.807) is 6.92 Å². The van der Waals surface area contributed by atoms with E-state index < -0.39 is 5.97 Å². The van der Waals surface area contributed by atoms with Crippen molar-refractivity contribution in [2.75, 3.05) is 0 Å². The van der Waals surface area contributed by atoms with Gasteiger partial charge in [-0.2, -0.15) is 0 Å². The summed E-state index contributed by atoms with van der Waals surface area (Å²) in [7, 11) is 0. The third kappa shape index (κ3) is 1.91. The molecule has 60 valence electrons. The van der Waals surface area contributed by atoms with Crippen LogP contribution in [-0.2, 0) is 11.2 Å². The smallest absolute Gasteiger partial charge is 0.309 e. The maximum atomic E-state index is 10.3. The first-order valence-corrected chi connectivity index (χ1v) is 3.50. The number of imidazole rings is 1. The van der Waals surface area contributed by atoms with Crippen LogP contribution in [-0.4, -0.2) is 21.0 Å². The number of carbonyl (C=O) groups is 1. The van der Waals surface area contributed by atoms with Gasteiger partial charge in [0.2, 0.25) is 0 Å². The van der Waals surface area contributed by atoms with Crippen molar-refractivity contribution in [1.29, 1.82) is 0 Å². The van der Waals surface area contributed by atoms with Crippen molar-refractivity contribution in [1.82, 2.24) is 9.97 Å². The molecule has 1 rings (SSSR count). The highest BCUT2D eigenvalue weighted by Gasteiger charge is 2.04. The fourth-order valence-corrected chi connectivity index (χ4v) is 1.11. The van der Waals surface area contributed by atoms with Gasteiger partial charge in [-0.25, -0.2) is 0 Å². The fraction of sp³-hybridized carbons (Fsp3) is 0.333. The van der Waals surface area contributed by atoms with E-state index in [9.17, 15) is 4.79 Å². The van der Waals surface area contributed by atoms with Crippen LogP contribution in [0.25, 0.3) is 0 Å². The lowest BCUT2D eigenvalue weighted by Crippen LogP contribution is -2.01. The van der Waals surface area contributed by atoms with Crippen molar-refractivity contribution in [2.24, 2.45) is 0 Å². The summed E-state index contributed by atoms with van der Waals surface area (Å²) in [4.78, 5) is 15.8. The van der Waals surface area contributed by atoms with E-state index in [0.717, 1.165) is 5.69 Å². The van der Waals surface area contributed by atoms with Gasteiger partial charge < -0.3 is 15.1 Å². The van der Waals surface area contributed by atoms with Crippen molar-refractivity contribution in [3.63, 3.8) is 0 Å². The Kier molecular flexibility index (Phi) is 2.09. The minimum Gasteiger partial charge on any atom is -0.481 e. The molecule has 0 saturated heterocycles. The molecule has 0 aliphatic carbocycles. The van der Waals surface area contributed by atoms with Crippen LogP contribution in [0.2, 0.25) is 0 Å². The lowest BCUT2D eigenvalue weighted by Gasteiger charge is -1.91. The van der Waals surface area contributed by atoms with E-state index in [0.29, 0.717) is 10.5 Å². The second kappa shape index (κ2) is 2.87. The predicted molar refractivity (Wildman–Crippen MR) is 42.1 cm³/mol. The Balaban J connectivity index is 2.94. The van der Waals surface area contributed by atoms with Crippen LogP contribution in [0.1, 0.15) is 11.4 Å². The number of aryl methyl sites for hydroxylation is 1. The molecule has 1 aromatic rings. The monoisotopic (exact) mass is 172 g/mol. The molecule has 4 nitrogen and oxygen atoms in total. The predicted octanol–water partition coefficient (Wildman–Crippen LogP) is 1.01. The Morgan fingerprint density at radius 1 is 1.64 bits per heavy atom. The molecule has 0 aliphatic heterocycles. The highest BCUT2D eigenvalue weighted by molar-refractivity contribution is 7.71. The Bertz CT molecular complexity index is 326. The van der Waals surface area contributed by atoms with E-state index in [-0.39, 0.29) is 6.42 Å². The van der Waals surface area contributed by atoms with Gasteiger partial charge in [-0.15, -0.1) is 0 Å². The molecule has 0 saturated carbocycles.